The number of halogens is 2. The lowest BCUT2D eigenvalue weighted by Crippen LogP contribution is -2.34. The Hall–Kier alpha value is -2.61. The number of benzene rings is 1. The van der Waals surface area contributed by atoms with Gasteiger partial charge in [-0.3, -0.25) is 4.90 Å². The number of aromatic nitrogens is 4. The average Bonchev–Trinajstić information content (AvgIpc) is 3.17. The van der Waals surface area contributed by atoms with E-state index in [0.717, 1.165) is 42.7 Å². The molecule has 6 nitrogen and oxygen atoms in total. The zero-order chi connectivity index (χ0) is 20.4. The van der Waals surface area contributed by atoms with Crippen LogP contribution in [0.4, 0.5) is 8.78 Å². The van der Waals surface area contributed by atoms with E-state index < -0.39 is 6.43 Å². The molecule has 0 spiro atoms. The molecular formula is C21H25F2N5O. The quantitative estimate of drug-likeness (QED) is 0.619. The summed E-state index contributed by atoms with van der Waals surface area (Å²) in [6.07, 6.45) is 0.724. The maximum atomic E-state index is 13.5. The summed E-state index contributed by atoms with van der Waals surface area (Å²) in [5, 5.41) is 3.86. The first kappa shape index (κ1) is 19.7. The molecule has 0 radical (unpaired) electrons. The van der Waals surface area contributed by atoms with Gasteiger partial charge in [-0.05, 0) is 57.0 Å². The predicted octanol–water partition coefficient (Wildman–Crippen LogP) is 4.23. The summed E-state index contributed by atoms with van der Waals surface area (Å²) >= 11 is 0. The molecule has 1 aromatic carbocycles. The van der Waals surface area contributed by atoms with E-state index in [2.05, 4.69) is 32.1 Å². The fourth-order valence-corrected chi connectivity index (χ4v) is 3.86. The van der Waals surface area contributed by atoms with E-state index in [1.54, 1.807) is 0 Å². The smallest absolute Gasteiger partial charge is 0.280 e. The Morgan fingerprint density at radius 1 is 1.21 bits per heavy atom. The van der Waals surface area contributed by atoms with Crippen molar-refractivity contribution >= 4 is 5.78 Å². The first-order chi connectivity index (χ1) is 14.0. The van der Waals surface area contributed by atoms with Crippen molar-refractivity contribution in [2.75, 3.05) is 13.1 Å². The molecular weight excluding hydrogens is 376 g/mol. The zero-order valence-corrected chi connectivity index (χ0v) is 16.6. The van der Waals surface area contributed by atoms with Gasteiger partial charge >= 0.3 is 0 Å². The zero-order valence-electron chi connectivity index (χ0n) is 16.6. The van der Waals surface area contributed by atoms with E-state index in [-0.39, 0.29) is 23.5 Å². The van der Waals surface area contributed by atoms with Gasteiger partial charge in [0.1, 0.15) is 17.8 Å². The highest BCUT2D eigenvalue weighted by atomic mass is 19.3. The number of fused-ring (bicyclic) bond motifs is 1. The minimum Gasteiger partial charge on any atom is -0.491 e. The monoisotopic (exact) mass is 401 g/mol. The van der Waals surface area contributed by atoms with Crippen LogP contribution in [0, 0.1) is 0 Å². The van der Waals surface area contributed by atoms with E-state index in [1.165, 1.54) is 18.0 Å². The molecule has 1 unspecified atom stereocenters. The van der Waals surface area contributed by atoms with Crippen molar-refractivity contribution < 1.29 is 13.5 Å². The van der Waals surface area contributed by atoms with Crippen molar-refractivity contribution in [2.45, 2.75) is 51.7 Å². The number of nitrogens with zero attached hydrogens (tertiary/aromatic N) is 5. The highest BCUT2D eigenvalue weighted by molar-refractivity contribution is 5.32. The topological polar surface area (TPSA) is 55.6 Å². The molecule has 0 saturated carbocycles. The van der Waals surface area contributed by atoms with Gasteiger partial charge in [-0.2, -0.15) is 14.6 Å². The van der Waals surface area contributed by atoms with Crippen LogP contribution in [0.15, 0.2) is 36.7 Å². The van der Waals surface area contributed by atoms with Crippen LogP contribution in [0.25, 0.3) is 5.78 Å². The van der Waals surface area contributed by atoms with Gasteiger partial charge in [-0.1, -0.05) is 12.1 Å². The second kappa shape index (κ2) is 8.41. The van der Waals surface area contributed by atoms with Crippen molar-refractivity contribution in [3.05, 3.63) is 53.6 Å². The van der Waals surface area contributed by atoms with Crippen molar-refractivity contribution in [3.63, 3.8) is 0 Å². The van der Waals surface area contributed by atoms with Crippen LogP contribution in [-0.4, -0.2) is 43.7 Å². The van der Waals surface area contributed by atoms with Crippen LogP contribution in [0.3, 0.4) is 0 Å². The number of hydrogen-bond donors (Lipinski definition) is 0. The average molecular weight is 401 g/mol. The van der Waals surface area contributed by atoms with Crippen LogP contribution in [-0.2, 0) is 6.54 Å². The number of rotatable bonds is 6. The molecule has 1 aliphatic rings. The summed E-state index contributed by atoms with van der Waals surface area (Å²) in [5.41, 5.74) is 1.72. The van der Waals surface area contributed by atoms with Crippen molar-refractivity contribution in [3.8, 4) is 5.75 Å². The van der Waals surface area contributed by atoms with E-state index in [4.69, 9.17) is 4.74 Å². The summed E-state index contributed by atoms with van der Waals surface area (Å²) in [6, 6.07) is 9.63. The molecule has 2 aromatic heterocycles. The second-order valence-electron chi connectivity index (χ2n) is 7.76. The number of piperidine rings is 1. The lowest BCUT2D eigenvalue weighted by molar-refractivity contribution is 0.142. The molecule has 154 valence electrons. The van der Waals surface area contributed by atoms with Crippen LogP contribution in [0.5, 0.6) is 5.75 Å². The molecule has 0 aliphatic carbocycles. The molecule has 8 heteroatoms. The number of alkyl halides is 2. The predicted molar refractivity (Wildman–Crippen MR) is 105 cm³/mol. The molecule has 1 aliphatic heterocycles. The third-order valence-corrected chi connectivity index (χ3v) is 5.15. The van der Waals surface area contributed by atoms with Crippen LogP contribution in [0.1, 0.15) is 56.0 Å². The summed E-state index contributed by atoms with van der Waals surface area (Å²) in [6.45, 7) is 6.59. The van der Waals surface area contributed by atoms with Gasteiger partial charge in [-0.15, -0.1) is 0 Å². The van der Waals surface area contributed by atoms with Gasteiger partial charge in [0.2, 0.25) is 0 Å². The molecule has 3 heterocycles. The molecule has 1 atom stereocenters. The molecule has 0 N–H and O–H groups in total. The van der Waals surface area contributed by atoms with Gasteiger partial charge < -0.3 is 4.74 Å². The first-order valence-electron chi connectivity index (χ1n) is 9.96. The molecule has 29 heavy (non-hydrogen) atoms. The number of hydrogen-bond acceptors (Lipinski definition) is 5. The molecule has 1 fully saturated rings. The molecule has 4 rings (SSSR count). The van der Waals surface area contributed by atoms with Gasteiger partial charge in [-0.25, -0.2) is 13.8 Å². The fourth-order valence-electron chi connectivity index (χ4n) is 3.86. The second-order valence-corrected chi connectivity index (χ2v) is 7.76. The van der Waals surface area contributed by atoms with Crippen LogP contribution < -0.4 is 4.74 Å². The maximum Gasteiger partial charge on any atom is 0.280 e. The largest absolute Gasteiger partial charge is 0.491 e. The van der Waals surface area contributed by atoms with Crippen molar-refractivity contribution in [2.24, 2.45) is 0 Å². The maximum absolute atomic E-state index is 13.5. The summed E-state index contributed by atoms with van der Waals surface area (Å²) in [7, 11) is 0. The molecule has 0 amide bonds. The number of likely N-dealkylation sites (tertiary alicyclic amines) is 1. The van der Waals surface area contributed by atoms with E-state index in [1.807, 2.05) is 26.0 Å². The van der Waals surface area contributed by atoms with E-state index >= 15 is 0 Å². The normalized spacial score (nSPS) is 18.1. The minimum absolute atomic E-state index is 0.103. The Labute approximate surface area is 168 Å². The standard InChI is InChI=1S/C21H25F2N5O/c1-14(2)29-17-7-5-15(6-8-17)11-27-9-3-4-16(12-27)18-10-19(20(22)23)28-21(26-18)24-13-25-28/h5-8,10,13-14,16,20H,3-4,9,11-12H2,1-2H3. The Bertz CT molecular complexity index is 957. The van der Waals surface area contributed by atoms with Gasteiger partial charge in [0.05, 0.1) is 11.8 Å². The van der Waals surface area contributed by atoms with Gasteiger partial charge in [0.25, 0.3) is 12.2 Å². The highest BCUT2D eigenvalue weighted by Gasteiger charge is 2.25. The summed E-state index contributed by atoms with van der Waals surface area (Å²) in [5.74, 6) is 1.20. The van der Waals surface area contributed by atoms with E-state index in [9.17, 15) is 8.78 Å². The lowest BCUT2D eigenvalue weighted by Gasteiger charge is -2.32. The summed E-state index contributed by atoms with van der Waals surface area (Å²) in [4.78, 5) is 10.9. The van der Waals surface area contributed by atoms with Crippen LogP contribution in [0.2, 0.25) is 0 Å². The van der Waals surface area contributed by atoms with Crippen molar-refractivity contribution in [1.29, 1.82) is 0 Å². The Balaban J connectivity index is 1.48. The van der Waals surface area contributed by atoms with Crippen LogP contribution >= 0.6 is 0 Å². The number of ether oxygens (including phenoxy) is 1. The fraction of sp³-hybridized carbons (Fsp3) is 0.476. The van der Waals surface area contributed by atoms with Crippen molar-refractivity contribution in [1.82, 2.24) is 24.5 Å². The van der Waals surface area contributed by atoms with Gasteiger partial charge in [0, 0.05) is 19.0 Å². The summed E-state index contributed by atoms with van der Waals surface area (Å²) < 4.78 is 33.7. The Morgan fingerprint density at radius 3 is 2.72 bits per heavy atom. The third kappa shape index (κ3) is 4.53. The Morgan fingerprint density at radius 2 is 2.00 bits per heavy atom. The van der Waals surface area contributed by atoms with Gasteiger partial charge in [0.15, 0.2) is 0 Å². The SMILES string of the molecule is CC(C)Oc1ccc(CN2CCCC(c3cc(C(F)F)n4ncnc4n3)C2)cc1. The minimum atomic E-state index is -2.62. The Kier molecular flexibility index (Phi) is 5.71. The highest BCUT2D eigenvalue weighted by Crippen LogP contribution is 2.29. The molecule has 0 bridgehead atoms. The molecule has 1 saturated heterocycles. The lowest BCUT2D eigenvalue weighted by atomic mass is 9.93. The van der Waals surface area contributed by atoms with E-state index in [0.29, 0.717) is 5.69 Å². The third-order valence-electron chi connectivity index (χ3n) is 5.15. The first-order valence-corrected chi connectivity index (χ1v) is 9.96. The molecule has 3 aromatic rings.